The van der Waals surface area contributed by atoms with Crippen LogP contribution in [0.4, 0.5) is 0 Å². The number of fused-ring (bicyclic) bond motifs is 1. The fourth-order valence-electron chi connectivity index (χ4n) is 2.00. The SMILES string of the molecule is O=C(O)CONC(=O)C1Cc2ccccc2C1. The Bertz CT molecular complexity index is 419. The molecule has 17 heavy (non-hydrogen) atoms. The van der Waals surface area contributed by atoms with Crippen LogP contribution in [-0.2, 0) is 27.3 Å². The topological polar surface area (TPSA) is 75.6 Å². The molecule has 0 spiro atoms. The van der Waals surface area contributed by atoms with Crippen molar-refractivity contribution in [3.8, 4) is 0 Å². The van der Waals surface area contributed by atoms with Crippen LogP contribution in [0.2, 0.25) is 0 Å². The van der Waals surface area contributed by atoms with E-state index in [-0.39, 0.29) is 11.8 Å². The number of benzene rings is 1. The number of hydroxylamine groups is 1. The van der Waals surface area contributed by atoms with Gasteiger partial charge in [0, 0.05) is 5.92 Å². The number of carbonyl (C=O) groups is 2. The third-order valence-corrected chi connectivity index (χ3v) is 2.79. The van der Waals surface area contributed by atoms with E-state index in [0.29, 0.717) is 12.8 Å². The number of aliphatic carboxylic acids is 1. The van der Waals surface area contributed by atoms with Gasteiger partial charge >= 0.3 is 5.97 Å². The van der Waals surface area contributed by atoms with Gasteiger partial charge in [-0.3, -0.25) is 9.63 Å². The molecule has 1 aromatic rings. The first kappa shape index (κ1) is 11.6. The van der Waals surface area contributed by atoms with Gasteiger partial charge in [-0.2, -0.15) is 0 Å². The average molecular weight is 235 g/mol. The molecule has 0 unspecified atom stereocenters. The number of hydrogen-bond acceptors (Lipinski definition) is 3. The third-order valence-electron chi connectivity index (χ3n) is 2.79. The number of rotatable bonds is 4. The second-order valence-corrected chi connectivity index (χ2v) is 4.02. The van der Waals surface area contributed by atoms with E-state index in [2.05, 4.69) is 10.3 Å². The van der Waals surface area contributed by atoms with Crippen LogP contribution in [0, 0.1) is 5.92 Å². The van der Waals surface area contributed by atoms with Gasteiger partial charge in [0.15, 0.2) is 6.61 Å². The van der Waals surface area contributed by atoms with Crippen LogP contribution in [0.1, 0.15) is 11.1 Å². The molecule has 0 atom stereocenters. The molecule has 1 aromatic carbocycles. The van der Waals surface area contributed by atoms with Crippen molar-refractivity contribution < 1.29 is 19.5 Å². The third kappa shape index (κ3) is 2.82. The van der Waals surface area contributed by atoms with Crippen LogP contribution >= 0.6 is 0 Å². The van der Waals surface area contributed by atoms with Crippen molar-refractivity contribution in [3.63, 3.8) is 0 Å². The summed E-state index contributed by atoms with van der Waals surface area (Å²) in [4.78, 5) is 26.4. The molecular formula is C12H13NO4. The van der Waals surface area contributed by atoms with Crippen molar-refractivity contribution in [3.05, 3.63) is 35.4 Å². The van der Waals surface area contributed by atoms with E-state index >= 15 is 0 Å². The Morgan fingerprint density at radius 3 is 2.41 bits per heavy atom. The summed E-state index contributed by atoms with van der Waals surface area (Å²) < 4.78 is 0. The fraction of sp³-hybridized carbons (Fsp3) is 0.333. The standard InChI is InChI=1S/C12H13NO4/c14-11(15)7-17-13-12(16)10-5-8-3-1-2-4-9(8)6-10/h1-4,10H,5-7H2,(H,13,16)(H,14,15). The first-order valence-electron chi connectivity index (χ1n) is 5.37. The zero-order valence-electron chi connectivity index (χ0n) is 9.18. The fourth-order valence-corrected chi connectivity index (χ4v) is 2.00. The Morgan fingerprint density at radius 2 is 1.88 bits per heavy atom. The van der Waals surface area contributed by atoms with Gasteiger partial charge < -0.3 is 5.11 Å². The largest absolute Gasteiger partial charge is 0.479 e. The Kier molecular flexibility index (Phi) is 3.39. The van der Waals surface area contributed by atoms with Gasteiger partial charge in [-0.05, 0) is 24.0 Å². The molecule has 1 aliphatic rings. The van der Waals surface area contributed by atoms with Gasteiger partial charge in [-0.25, -0.2) is 10.3 Å². The van der Waals surface area contributed by atoms with Gasteiger partial charge in [0.25, 0.3) is 0 Å². The molecule has 0 radical (unpaired) electrons. The quantitative estimate of drug-likeness (QED) is 0.746. The summed E-state index contributed by atoms with van der Waals surface area (Å²) >= 11 is 0. The van der Waals surface area contributed by atoms with Gasteiger partial charge in [0.1, 0.15) is 0 Å². The molecule has 90 valence electrons. The predicted molar refractivity (Wildman–Crippen MR) is 59.1 cm³/mol. The molecule has 0 saturated heterocycles. The van der Waals surface area contributed by atoms with E-state index in [0.717, 1.165) is 0 Å². The number of carbonyl (C=O) groups excluding carboxylic acids is 1. The van der Waals surface area contributed by atoms with Crippen LogP contribution in [0.5, 0.6) is 0 Å². The van der Waals surface area contributed by atoms with Gasteiger partial charge in [0.2, 0.25) is 5.91 Å². The van der Waals surface area contributed by atoms with E-state index < -0.39 is 12.6 Å². The van der Waals surface area contributed by atoms with Crippen LogP contribution in [-0.4, -0.2) is 23.6 Å². The van der Waals surface area contributed by atoms with Crippen molar-refractivity contribution in [1.29, 1.82) is 0 Å². The summed E-state index contributed by atoms with van der Waals surface area (Å²) in [6.45, 7) is -0.522. The Labute approximate surface area is 98.3 Å². The molecular weight excluding hydrogens is 222 g/mol. The monoisotopic (exact) mass is 235 g/mol. The molecule has 1 amide bonds. The highest BCUT2D eigenvalue weighted by Crippen LogP contribution is 2.26. The Hall–Kier alpha value is -1.88. The Balaban J connectivity index is 1.86. The van der Waals surface area contributed by atoms with Crippen molar-refractivity contribution in [1.82, 2.24) is 5.48 Å². The molecule has 0 aromatic heterocycles. The van der Waals surface area contributed by atoms with E-state index in [1.807, 2.05) is 24.3 Å². The highest BCUT2D eigenvalue weighted by atomic mass is 16.7. The lowest BCUT2D eigenvalue weighted by Crippen LogP contribution is -2.32. The molecule has 1 aliphatic carbocycles. The highest BCUT2D eigenvalue weighted by Gasteiger charge is 2.27. The van der Waals surface area contributed by atoms with Crippen molar-refractivity contribution in [2.75, 3.05) is 6.61 Å². The molecule has 5 heteroatoms. The number of hydrogen-bond donors (Lipinski definition) is 2. The number of nitrogens with one attached hydrogen (secondary N) is 1. The summed E-state index contributed by atoms with van der Waals surface area (Å²) in [6.07, 6.45) is 1.36. The maximum Gasteiger partial charge on any atom is 0.332 e. The molecule has 0 saturated carbocycles. The molecule has 2 rings (SSSR count). The van der Waals surface area contributed by atoms with Crippen molar-refractivity contribution in [2.24, 2.45) is 5.92 Å². The summed E-state index contributed by atoms with van der Waals surface area (Å²) in [5.74, 6) is -1.54. The van der Waals surface area contributed by atoms with Crippen LogP contribution in [0.25, 0.3) is 0 Å². The lowest BCUT2D eigenvalue weighted by molar-refractivity contribution is -0.150. The van der Waals surface area contributed by atoms with E-state index in [1.165, 1.54) is 11.1 Å². The van der Waals surface area contributed by atoms with Gasteiger partial charge in [-0.1, -0.05) is 24.3 Å². The molecule has 2 N–H and O–H groups in total. The second-order valence-electron chi connectivity index (χ2n) is 4.02. The molecule has 0 heterocycles. The van der Waals surface area contributed by atoms with E-state index in [4.69, 9.17) is 5.11 Å². The summed E-state index contributed by atoms with van der Waals surface area (Å²) in [5.41, 5.74) is 4.52. The number of carboxylic acids is 1. The average Bonchev–Trinajstić information content (AvgIpc) is 2.71. The molecule has 0 fully saturated rings. The highest BCUT2D eigenvalue weighted by molar-refractivity contribution is 5.79. The normalized spacial score (nSPS) is 14.4. The summed E-state index contributed by atoms with van der Waals surface area (Å²) in [7, 11) is 0. The van der Waals surface area contributed by atoms with Crippen molar-refractivity contribution in [2.45, 2.75) is 12.8 Å². The zero-order chi connectivity index (χ0) is 12.3. The maximum absolute atomic E-state index is 11.7. The second kappa shape index (κ2) is 4.97. The van der Waals surface area contributed by atoms with Gasteiger partial charge in [0.05, 0.1) is 0 Å². The number of carboxylic acid groups (broad SMARTS) is 1. The molecule has 5 nitrogen and oxygen atoms in total. The summed E-state index contributed by atoms with van der Waals surface area (Å²) in [5, 5.41) is 8.36. The first-order chi connectivity index (χ1) is 8.16. The molecule has 0 bridgehead atoms. The van der Waals surface area contributed by atoms with Crippen molar-refractivity contribution >= 4 is 11.9 Å². The van der Waals surface area contributed by atoms with Crippen LogP contribution < -0.4 is 5.48 Å². The minimum Gasteiger partial charge on any atom is -0.479 e. The van der Waals surface area contributed by atoms with Gasteiger partial charge in [-0.15, -0.1) is 0 Å². The van der Waals surface area contributed by atoms with E-state index in [1.54, 1.807) is 0 Å². The number of amides is 1. The maximum atomic E-state index is 11.7. The minimum absolute atomic E-state index is 0.166. The predicted octanol–water partition coefficient (Wildman–Crippen LogP) is 0.534. The first-order valence-corrected chi connectivity index (χ1v) is 5.37. The minimum atomic E-state index is -1.11. The molecule has 0 aliphatic heterocycles. The van der Waals surface area contributed by atoms with Crippen LogP contribution in [0.3, 0.4) is 0 Å². The zero-order valence-corrected chi connectivity index (χ0v) is 9.18. The van der Waals surface area contributed by atoms with Crippen LogP contribution in [0.15, 0.2) is 24.3 Å². The Morgan fingerprint density at radius 1 is 1.29 bits per heavy atom. The summed E-state index contributed by atoms with van der Waals surface area (Å²) in [6, 6.07) is 7.89. The van der Waals surface area contributed by atoms with E-state index in [9.17, 15) is 9.59 Å². The lowest BCUT2D eigenvalue weighted by Gasteiger charge is -2.08. The smallest absolute Gasteiger partial charge is 0.332 e. The lowest BCUT2D eigenvalue weighted by atomic mass is 10.1.